The van der Waals surface area contributed by atoms with Gasteiger partial charge in [0, 0.05) is 19.7 Å². The third-order valence-electron chi connectivity index (χ3n) is 2.52. The van der Waals surface area contributed by atoms with Gasteiger partial charge < -0.3 is 15.4 Å². The van der Waals surface area contributed by atoms with E-state index < -0.39 is 0 Å². The lowest BCUT2D eigenvalue weighted by molar-refractivity contribution is -0.121. The lowest BCUT2D eigenvalue weighted by atomic mass is 10.1. The number of methoxy groups -OCH3 is 1. The summed E-state index contributed by atoms with van der Waals surface area (Å²) in [5.74, 6) is -0.00722. The highest BCUT2D eigenvalue weighted by Crippen LogP contribution is 2.02. The molecule has 18 heavy (non-hydrogen) atoms. The first-order chi connectivity index (χ1) is 8.61. The van der Waals surface area contributed by atoms with Crippen molar-refractivity contribution in [3.05, 3.63) is 35.4 Å². The summed E-state index contributed by atoms with van der Waals surface area (Å²) in [6.07, 6.45) is 0. The molecule has 0 aliphatic rings. The minimum absolute atomic E-state index is 0.00722. The van der Waals surface area contributed by atoms with E-state index in [9.17, 15) is 4.79 Å². The van der Waals surface area contributed by atoms with E-state index in [4.69, 9.17) is 4.74 Å². The van der Waals surface area contributed by atoms with Crippen LogP contribution in [0, 0.1) is 6.92 Å². The molecule has 0 saturated heterocycles. The molecule has 0 bridgehead atoms. The lowest BCUT2D eigenvalue weighted by Crippen LogP contribution is -2.40. The summed E-state index contributed by atoms with van der Waals surface area (Å²) in [6.45, 7) is 5.53. The van der Waals surface area contributed by atoms with Gasteiger partial charge >= 0.3 is 0 Å². The maximum atomic E-state index is 11.6. The second kappa shape index (κ2) is 7.84. The van der Waals surface area contributed by atoms with Crippen LogP contribution in [0.3, 0.4) is 0 Å². The van der Waals surface area contributed by atoms with E-state index >= 15 is 0 Å². The molecule has 0 aromatic heterocycles. The Bertz CT molecular complexity index is 380. The van der Waals surface area contributed by atoms with Crippen LogP contribution in [-0.4, -0.2) is 32.2 Å². The van der Waals surface area contributed by atoms with E-state index in [1.54, 1.807) is 7.11 Å². The van der Waals surface area contributed by atoms with Crippen LogP contribution >= 0.6 is 0 Å². The Morgan fingerprint density at radius 1 is 1.44 bits per heavy atom. The van der Waals surface area contributed by atoms with Gasteiger partial charge in [0.2, 0.25) is 5.91 Å². The zero-order valence-corrected chi connectivity index (χ0v) is 11.3. The highest BCUT2D eigenvalue weighted by molar-refractivity contribution is 5.78. The van der Waals surface area contributed by atoms with E-state index in [1.807, 2.05) is 19.1 Å². The zero-order valence-electron chi connectivity index (χ0n) is 11.3. The van der Waals surface area contributed by atoms with E-state index in [1.165, 1.54) is 11.1 Å². The molecule has 0 spiro atoms. The second-order valence-corrected chi connectivity index (χ2v) is 4.52. The van der Waals surface area contributed by atoms with Crippen molar-refractivity contribution in [2.24, 2.45) is 0 Å². The molecule has 0 aliphatic heterocycles. The maximum absolute atomic E-state index is 11.6. The Kier molecular flexibility index (Phi) is 6.39. The van der Waals surface area contributed by atoms with Crippen molar-refractivity contribution in [3.63, 3.8) is 0 Å². The Labute approximate surface area is 109 Å². The van der Waals surface area contributed by atoms with Gasteiger partial charge in [-0.3, -0.25) is 4.79 Å². The monoisotopic (exact) mass is 250 g/mol. The molecule has 1 aromatic rings. The van der Waals surface area contributed by atoms with Crippen LogP contribution < -0.4 is 10.6 Å². The van der Waals surface area contributed by atoms with Crippen molar-refractivity contribution in [1.82, 2.24) is 10.6 Å². The molecule has 100 valence electrons. The summed E-state index contributed by atoms with van der Waals surface area (Å²) in [4.78, 5) is 11.6. The van der Waals surface area contributed by atoms with Crippen LogP contribution in [0.4, 0.5) is 0 Å². The second-order valence-electron chi connectivity index (χ2n) is 4.52. The van der Waals surface area contributed by atoms with Crippen LogP contribution in [0.2, 0.25) is 0 Å². The van der Waals surface area contributed by atoms with Gasteiger partial charge in [-0.1, -0.05) is 29.8 Å². The van der Waals surface area contributed by atoms with E-state index in [-0.39, 0.29) is 11.9 Å². The van der Waals surface area contributed by atoms with Crippen molar-refractivity contribution < 1.29 is 9.53 Å². The Morgan fingerprint density at radius 3 is 2.89 bits per heavy atom. The minimum Gasteiger partial charge on any atom is -0.383 e. The first-order valence-electron chi connectivity index (χ1n) is 6.16. The first-order valence-corrected chi connectivity index (χ1v) is 6.16. The van der Waals surface area contributed by atoms with E-state index in [0.29, 0.717) is 19.7 Å². The molecule has 0 fully saturated rings. The van der Waals surface area contributed by atoms with Crippen molar-refractivity contribution in [1.29, 1.82) is 0 Å². The summed E-state index contributed by atoms with van der Waals surface area (Å²) in [7, 11) is 1.62. The number of nitrogens with one attached hydrogen (secondary N) is 2. The Balaban J connectivity index is 2.23. The maximum Gasteiger partial charge on any atom is 0.234 e. The molecular formula is C14H22N2O2. The summed E-state index contributed by atoms with van der Waals surface area (Å²) in [5.41, 5.74) is 2.42. The molecule has 0 aliphatic carbocycles. The standard InChI is InChI=1S/C14H22N2O2/c1-11-5-4-6-13(7-11)8-15-9-14(17)16-12(2)10-18-3/h4-7,12,15H,8-10H2,1-3H3,(H,16,17). The summed E-state index contributed by atoms with van der Waals surface area (Å²) in [5, 5.41) is 5.98. The number of aryl methyl sites for hydroxylation is 1. The molecule has 1 amide bonds. The largest absolute Gasteiger partial charge is 0.383 e. The lowest BCUT2D eigenvalue weighted by Gasteiger charge is -2.13. The molecule has 0 saturated carbocycles. The van der Waals surface area contributed by atoms with Gasteiger partial charge in [-0.2, -0.15) is 0 Å². The number of hydrogen-bond donors (Lipinski definition) is 2. The van der Waals surface area contributed by atoms with Gasteiger partial charge in [0.25, 0.3) is 0 Å². The highest BCUT2D eigenvalue weighted by Gasteiger charge is 2.06. The van der Waals surface area contributed by atoms with Crippen LogP contribution in [0.1, 0.15) is 18.1 Å². The number of amides is 1. The van der Waals surface area contributed by atoms with Gasteiger partial charge in [-0.15, -0.1) is 0 Å². The summed E-state index contributed by atoms with van der Waals surface area (Å²) >= 11 is 0. The molecule has 1 unspecified atom stereocenters. The summed E-state index contributed by atoms with van der Waals surface area (Å²) in [6, 6.07) is 8.28. The molecule has 1 aromatic carbocycles. The number of carbonyl (C=O) groups is 1. The summed E-state index contributed by atoms with van der Waals surface area (Å²) < 4.78 is 4.96. The minimum atomic E-state index is -0.00722. The average molecular weight is 250 g/mol. The zero-order chi connectivity index (χ0) is 13.4. The first kappa shape index (κ1) is 14.7. The van der Waals surface area contributed by atoms with Gasteiger partial charge in [-0.05, 0) is 19.4 Å². The third-order valence-corrected chi connectivity index (χ3v) is 2.52. The fraction of sp³-hybridized carbons (Fsp3) is 0.500. The Hall–Kier alpha value is -1.39. The SMILES string of the molecule is COCC(C)NC(=O)CNCc1cccc(C)c1. The number of carbonyl (C=O) groups excluding carboxylic acids is 1. The number of rotatable bonds is 7. The molecular weight excluding hydrogens is 228 g/mol. The van der Waals surface area contributed by atoms with Crippen molar-refractivity contribution >= 4 is 5.91 Å². The molecule has 0 radical (unpaired) electrons. The van der Waals surface area contributed by atoms with Gasteiger partial charge in [0.15, 0.2) is 0 Å². The number of hydrogen-bond acceptors (Lipinski definition) is 3. The highest BCUT2D eigenvalue weighted by atomic mass is 16.5. The quantitative estimate of drug-likeness (QED) is 0.765. The van der Waals surface area contributed by atoms with Gasteiger partial charge in [0.05, 0.1) is 13.2 Å². The van der Waals surface area contributed by atoms with E-state index in [0.717, 1.165) is 0 Å². The predicted molar refractivity (Wildman–Crippen MR) is 72.4 cm³/mol. The molecule has 0 heterocycles. The van der Waals surface area contributed by atoms with Gasteiger partial charge in [0.1, 0.15) is 0 Å². The smallest absolute Gasteiger partial charge is 0.234 e. The van der Waals surface area contributed by atoms with Crippen molar-refractivity contribution in [2.45, 2.75) is 26.4 Å². The molecule has 2 N–H and O–H groups in total. The average Bonchev–Trinajstić information content (AvgIpc) is 2.29. The number of ether oxygens (including phenoxy) is 1. The molecule has 1 rings (SSSR count). The van der Waals surface area contributed by atoms with Crippen LogP contribution in [0.25, 0.3) is 0 Å². The Morgan fingerprint density at radius 2 is 2.22 bits per heavy atom. The topological polar surface area (TPSA) is 50.4 Å². The predicted octanol–water partition coefficient (Wildman–Crippen LogP) is 1.24. The van der Waals surface area contributed by atoms with Crippen LogP contribution in [0.5, 0.6) is 0 Å². The van der Waals surface area contributed by atoms with E-state index in [2.05, 4.69) is 29.7 Å². The molecule has 4 nitrogen and oxygen atoms in total. The third kappa shape index (κ3) is 5.80. The van der Waals surface area contributed by atoms with Crippen molar-refractivity contribution in [2.75, 3.05) is 20.3 Å². The van der Waals surface area contributed by atoms with Gasteiger partial charge in [-0.25, -0.2) is 0 Å². The molecule has 4 heteroatoms. The normalized spacial score (nSPS) is 12.2. The fourth-order valence-electron chi connectivity index (χ4n) is 1.76. The fourth-order valence-corrected chi connectivity index (χ4v) is 1.76. The van der Waals surface area contributed by atoms with Crippen LogP contribution in [0.15, 0.2) is 24.3 Å². The van der Waals surface area contributed by atoms with Crippen molar-refractivity contribution in [3.8, 4) is 0 Å². The van der Waals surface area contributed by atoms with Crippen LogP contribution in [-0.2, 0) is 16.1 Å². The molecule has 1 atom stereocenters. The number of benzene rings is 1.